The fourth-order valence-corrected chi connectivity index (χ4v) is 1.65. The molecule has 1 aliphatic carbocycles. The molecule has 5 nitrogen and oxygen atoms in total. The van der Waals surface area contributed by atoms with Gasteiger partial charge in [0.1, 0.15) is 5.92 Å². The monoisotopic (exact) mass is 238 g/mol. The van der Waals surface area contributed by atoms with Crippen LogP contribution < -0.4 is 0 Å². The van der Waals surface area contributed by atoms with Gasteiger partial charge in [0.05, 0.1) is 6.61 Å². The number of carbonyl (C=O) groups excluding carboxylic acids is 4. The minimum absolute atomic E-state index is 0.0296. The molecule has 0 fully saturated rings. The highest BCUT2D eigenvalue weighted by atomic mass is 16.5. The molecule has 0 saturated carbocycles. The average molecular weight is 238 g/mol. The van der Waals surface area contributed by atoms with Gasteiger partial charge < -0.3 is 4.74 Å². The van der Waals surface area contributed by atoms with E-state index in [-0.39, 0.29) is 25.0 Å². The highest BCUT2D eigenvalue weighted by Crippen LogP contribution is 2.20. The zero-order chi connectivity index (χ0) is 13.0. The van der Waals surface area contributed by atoms with E-state index in [0.717, 1.165) is 6.08 Å². The molecule has 0 aromatic rings. The van der Waals surface area contributed by atoms with Gasteiger partial charge in [0.2, 0.25) is 0 Å². The van der Waals surface area contributed by atoms with E-state index in [9.17, 15) is 19.2 Å². The van der Waals surface area contributed by atoms with E-state index in [1.54, 1.807) is 13.8 Å². The number of carbonyl (C=O) groups is 4. The molecule has 1 unspecified atom stereocenters. The first-order valence-corrected chi connectivity index (χ1v) is 5.48. The molecule has 0 saturated heterocycles. The Morgan fingerprint density at radius 1 is 1.35 bits per heavy atom. The molecule has 0 aromatic carbocycles. The first kappa shape index (κ1) is 13.3. The highest BCUT2D eigenvalue weighted by Gasteiger charge is 2.36. The molecule has 1 atom stereocenters. The van der Waals surface area contributed by atoms with Crippen molar-refractivity contribution < 1.29 is 23.9 Å². The second-order valence-corrected chi connectivity index (χ2v) is 3.69. The molecule has 5 heteroatoms. The maximum absolute atomic E-state index is 11.6. The minimum Gasteiger partial charge on any atom is -0.463 e. The maximum Gasteiger partial charge on any atom is 0.334 e. The molecule has 0 bridgehead atoms. The summed E-state index contributed by atoms with van der Waals surface area (Å²) in [5.41, 5.74) is 0.0296. The Labute approximate surface area is 98.8 Å². The molecule has 0 aromatic heterocycles. The third kappa shape index (κ3) is 2.87. The van der Waals surface area contributed by atoms with Crippen molar-refractivity contribution in [3.63, 3.8) is 0 Å². The van der Waals surface area contributed by atoms with Crippen molar-refractivity contribution in [1.82, 2.24) is 0 Å². The Kier molecular flexibility index (Phi) is 4.31. The molecule has 0 aliphatic heterocycles. The quantitative estimate of drug-likeness (QED) is 0.529. The SMILES string of the molecule is CCOC(=O)C1=CC(=O)C(C(=O)CC)C(=O)C1. The summed E-state index contributed by atoms with van der Waals surface area (Å²) < 4.78 is 4.70. The fourth-order valence-electron chi connectivity index (χ4n) is 1.65. The summed E-state index contributed by atoms with van der Waals surface area (Å²) in [5.74, 6) is -3.43. The van der Waals surface area contributed by atoms with E-state index in [4.69, 9.17) is 4.74 Å². The predicted molar refractivity (Wildman–Crippen MR) is 58.1 cm³/mol. The molecule has 0 spiro atoms. The van der Waals surface area contributed by atoms with Crippen LogP contribution in [0.2, 0.25) is 0 Å². The number of hydrogen-bond donors (Lipinski definition) is 0. The topological polar surface area (TPSA) is 77.5 Å². The van der Waals surface area contributed by atoms with E-state index < -0.39 is 29.2 Å². The van der Waals surface area contributed by atoms with E-state index in [1.807, 2.05) is 0 Å². The number of hydrogen-bond acceptors (Lipinski definition) is 5. The van der Waals surface area contributed by atoms with Crippen molar-refractivity contribution in [2.45, 2.75) is 26.7 Å². The lowest BCUT2D eigenvalue weighted by atomic mass is 9.83. The lowest BCUT2D eigenvalue weighted by Crippen LogP contribution is -2.35. The molecule has 0 N–H and O–H groups in total. The van der Waals surface area contributed by atoms with Gasteiger partial charge in [-0.2, -0.15) is 0 Å². The molecule has 0 amide bonds. The summed E-state index contributed by atoms with van der Waals surface area (Å²) in [5, 5.41) is 0. The smallest absolute Gasteiger partial charge is 0.334 e. The van der Waals surface area contributed by atoms with E-state index in [1.165, 1.54) is 0 Å². The molecular weight excluding hydrogens is 224 g/mol. The number of allylic oxidation sites excluding steroid dienone is 1. The van der Waals surface area contributed by atoms with Gasteiger partial charge in [-0.1, -0.05) is 6.92 Å². The van der Waals surface area contributed by atoms with E-state index >= 15 is 0 Å². The van der Waals surface area contributed by atoms with Gasteiger partial charge in [0, 0.05) is 18.4 Å². The summed E-state index contributed by atoms with van der Waals surface area (Å²) >= 11 is 0. The summed E-state index contributed by atoms with van der Waals surface area (Å²) in [6, 6.07) is 0. The Bertz CT molecular complexity index is 405. The lowest BCUT2D eigenvalue weighted by Gasteiger charge is -2.17. The normalized spacial score (nSPS) is 19.9. The molecule has 17 heavy (non-hydrogen) atoms. The van der Waals surface area contributed by atoms with Crippen LogP contribution >= 0.6 is 0 Å². The van der Waals surface area contributed by atoms with E-state index in [0.29, 0.717) is 0 Å². The number of rotatable bonds is 4. The second-order valence-electron chi connectivity index (χ2n) is 3.69. The van der Waals surface area contributed by atoms with Crippen LogP contribution in [0.15, 0.2) is 11.6 Å². The first-order chi connectivity index (χ1) is 8.01. The second kappa shape index (κ2) is 5.52. The molecule has 1 aliphatic rings. The zero-order valence-electron chi connectivity index (χ0n) is 9.82. The largest absolute Gasteiger partial charge is 0.463 e. The summed E-state index contributed by atoms with van der Waals surface area (Å²) in [6.07, 6.45) is 0.976. The molecule has 1 rings (SSSR count). The Morgan fingerprint density at radius 3 is 2.47 bits per heavy atom. The van der Waals surface area contributed by atoms with Gasteiger partial charge in [-0.05, 0) is 13.0 Å². The lowest BCUT2D eigenvalue weighted by molar-refractivity contribution is -0.143. The van der Waals surface area contributed by atoms with Crippen LogP contribution in [-0.4, -0.2) is 29.9 Å². The van der Waals surface area contributed by atoms with Gasteiger partial charge in [-0.3, -0.25) is 14.4 Å². The van der Waals surface area contributed by atoms with E-state index in [2.05, 4.69) is 0 Å². The van der Waals surface area contributed by atoms with Crippen LogP contribution in [0.3, 0.4) is 0 Å². The van der Waals surface area contributed by atoms with Crippen LogP contribution in [0, 0.1) is 5.92 Å². The fraction of sp³-hybridized carbons (Fsp3) is 0.500. The minimum atomic E-state index is -1.22. The van der Waals surface area contributed by atoms with Gasteiger partial charge >= 0.3 is 5.97 Å². The summed E-state index contributed by atoms with van der Waals surface area (Å²) in [4.78, 5) is 46.0. The van der Waals surface area contributed by atoms with Crippen LogP contribution in [0.5, 0.6) is 0 Å². The average Bonchev–Trinajstić information content (AvgIpc) is 2.28. The van der Waals surface area contributed by atoms with Crippen molar-refractivity contribution in [1.29, 1.82) is 0 Å². The van der Waals surface area contributed by atoms with Gasteiger partial charge in [-0.15, -0.1) is 0 Å². The van der Waals surface area contributed by atoms with Crippen LogP contribution in [0.1, 0.15) is 26.7 Å². The highest BCUT2D eigenvalue weighted by molar-refractivity contribution is 6.26. The maximum atomic E-state index is 11.6. The van der Waals surface area contributed by atoms with Crippen molar-refractivity contribution in [2.75, 3.05) is 6.61 Å². The molecule has 0 radical (unpaired) electrons. The number of ether oxygens (including phenoxy) is 1. The van der Waals surface area contributed by atoms with Crippen LogP contribution in [-0.2, 0) is 23.9 Å². The van der Waals surface area contributed by atoms with Crippen molar-refractivity contribution in [2.24, 2.45) is 5.92 Å². The van der Waals surface area contributed by atoms with Gasteiger partial charge in [-0.25, -0.2) is 4.79 Å². The van der Waals surface area contributed by atoms with Gasteiger partial charge in [0.15, 0.2) is 17.3 Å². The van der Waals surface area contributed by atoms with Gasteiger partial charge in [0.25, 0.3) is 0 Å². The number of Topliss-reactive ketones (excluding diaryl/α,β-unsaturated/α-hetero) is 2. The predicted octanol–water partition coefficient (Wildman–Crippen LogP) is 0.613. The third-order valence-electron chi connectivity index (χ3n) is 2.50. The Balaban J connectivity index is 2.91. The standard InChI is InChI=1S/C12H14O5/c1-3-8(13)11-9(14)5-7(6-10(11)15)12(16)17-4-2/h5,11H,3-4,6H2,1-2H3. The summed E-state index contributed by atoms with van der Waals surface area (Å²) in [7, 11) is 0. The molecule has 0 heterocycles. The first-order valence-electron chi connectivity index (χ1n) is 5.48. The Hall–Kier alpha value is -1.78. The number of esters is 1. The molecular formula is C12H14O5. The van der Waals surface area contributed by atoms with Crippen molar-refractivity contribution in [3.8, 4) is 0 Å². The number of ketones is 3. The van der Waals surface area contributed by atoms with Crippen molar-refractivity contribution in [3.05, 3.63) is 11.6 Å². The Morgan fingerprint density at radius 2 is 2.00 bits per heavy atom. The van der Waals surface area contributed by atoms with Crippen LogP contribution in [0.4, 0.5) is 0 Å². The zero-order valence-corrected chi connectivity index (χ0v) is 9.82. The third-order valence-corrected chi connectivity index (χ3v) is 2.50. The summed E-state index contributed by atoms with van der Waals surface area (Å²) in [6.45, 7) is 3.40. The van der Waals surface area contributed by atoms with Crippen molar-refractivity contribution >= 4 is 23.3 Å². The van der Waals surface area contributed by atoms with Crippen LogP contribution in [0.25, 0.3) is 0 Å². The molecule has 92 valence electrons.